The molecule has 0 aromatic heterocycles. The molecule has 0 aliphatic carbocycles. The SMILES string of the molecule is CC(=O)SC[C@@H](Cc1ccccc1)NC(=O)OC(C)(C)C. The molecule has 4 nitrogen and oxygen atoms in total. The van der Waals surface area contributed by atoms with Gasteiger partial charge in [-0.05, 0) is 32.8 Å². The third-order valence-electron chi connectivity index (χ3n) is 2.53. The standard InChI is InChI=1S/C16H23NO3S/c1-12(18)21-11-14(10-13-8-6-5-7-9-13)17-15(19)20-16(2,3)4/h5-9,14H,10-11H2,1-4H3,(H,17,19)/t14-/m1/s1. The lowest BCUT2D eigenvalue weighted by Crippen LogP contribution is -2.41. The minimum atomic E-state index is -0.533. The van der Waals surface area contributed by atoms with Gasteiger partial charge >= 0.3 is 6.09 Å². The highest BCUT2D eigenvalue weighted by atomic mass is 32.2. The third-order valence-corrected chi connectivity index (χ3v) is 3.51. The maximum atomic E-state index is 11.9. The van der Waals surface area contributed by atoms with Gasteiger partial charge < -0.3 is 10.1 Å². The number of hydrogen-bond donors (Lipinski definition) is 1. The van der Waals surface area contributed by atoms with Gasteiger partial charge in [-0.2, -0.15) is 0 Å². The van der Waals surface area contributed by atoms with E-state index in [2.05, 4.69) is 5.32 Å². The fraction of sp³-hybridized carbons (Fsp3) is 0.500. The van der Waals surface area contributed by atoms with Crippen LogP contribution in [0.4, 0.5) is 4.79 Å². The van der Waals surface area contributed by atoms with E-state index < -0.39 is 11.7 Å². The highest BCUT2D eigenvalue weighted by molar-refractivity contribution is 8.13. The first kappa shape index (κ1) is 17.6. The number of alkyl carbamates (subject to hydrolysis) is 1. The number of ether oxygens (including phenoxy) is 1. The molecule has 0 bridgehead atoms. The average molecular weight is 309 g/mol. The second-order valence-electron chi connectivity index (χ2n) is 5.84. The van der Waals surface area contributed by atoms with Gasteiger partial charge in [0.05, 0.1) is 0 Å². The lowest BCUT2D eigenvalue weighted by atomic mass is 10.1. The maximum absolute atomic E-state index is 11.9. The molecule has 0 saturated carbocycles. The van der Waals surface area contributed by atoms with Gasteiger partial charge in [0.25, 0.3) is 0 Å². The Balaban J connectivity index is 2.63. The third kappa shape index (κ3) is 8.40. The first-order valence-electron chi connectivity index (χ1n) is 6.93. The van der Waals surface area contributed by atoms with Crippen molar-refractivity contribution >= 4 is 23.0 Å². The van der Waals surface area contributed by atoms with Gasteiger partial charge in [-0.1, -0.05) is 42.1 Å². The molecule has 0 unspecified atom stereocenters. The quantitative estimate of drug-likeness (QED) is 0.905. The number of hydrogen-bond acceptors (Lipinski definition) is 4. The Morgan fingerprint density at radius 3 is 2.38 bits per heavy atom. The monoisotopic (exact) mass is 309 g/mol. The molecular weight excluding hydrogens is 286 g/mol. The summed E-state index contributed by atoms with van der Waals surface area (Å²) in [5.74, 6) is 0.531. The van der Waals surface area contributed by atoms with E-state index in [0.717, 1.165) is 5.56 Å². The lowest BCUT2D eigenvalue weighted by molar-refractivity contribution is -0.109. The number of carbonyl (C=O) groups excluding carboxylic acids is 2. The van der Waals surface area contributed by atoms with Crippen molar-refractivity contribution in [3.63, 3.8) is 0 Å². The molecule has 1 rings (SSSR count). The zero-order valence-electron chi connectivity index (χ0n) is 13.0. The number of rotatable bonds is 5. The molecule has 0 spiro atoms. The summed E-state index contributed by atoms with van der Waals surface area (Å²) >= 11 is 1.21. The molecule has 0 radical (unpaired) electrons. The van der Waals surface area contributed by atoms with Gasteiger partial charge in [0.2, 0.25) is 0 Å². The van der Waals surface area contributed by atoms with Crippen LogP contribution in [0.15, 0.2) is 30.3 Å². The van der Waals surface area contributed by atoms with E-state index in [-0.39, 0.29) is 11.2 Å². The van der Waals surface area contributed by atoms with Crippen LogP contribution >= 0.6 is 11.8 Å². The predicted octanol–water partition coefficient (Wildman–Crippen LogP) is 3.40. The van der Waals surface area contributed by atoms with Gasteiger partial charge in [-0.15, -0.1) is 0 Å². The number of thioether (sulfide) groups is 1. The Bertz CT molecular complexity index is 468. The van der Waals surface area contributed by atoms with Crippen molar-refractivity contribution in [2.24, 2.45) is 0 Å². The van der Waals surface area contributed by atoms with Crippen molar-refractivity contribution in [2.45, 2.75) is 45.8 Å². The lowest BCUT2D eigenvalue weighted by Gasteiger charge is -2.23. The van der Waals surface area contributed by atoms with Crippen molar-refractivity contribution < 1.29 is 14.3 Å². The Hall–Kier alpha value is -1.49. The van der Waals surface area contributed by atoms with E-state index in [1.165, 1.54) is 18.7 Å². The van der Waals surface area contributed by atoms with Gasteiger partial charge in [0, 0.05) is 18.7 Å². The predicted molar refractivity (Wildman–Crippen MR) is 86.4 cm³/mol. The number of nitrogens with one attached hydrogen (secondary N) is 1. The minimum Gasteiger partial charge on any atom is -0.444 e. The van der Waals surface area contributed by atoms with Crippen molar-refractivity contribution in [1.82, 2.24) is 5.32 Å². The Morgan fingerprint density at radius 2 is 1.86 bits per heavy atom. The number of amides is 1. The topological polar surface area (TPSA) is 55.4 Å². The smallest absolute Gasteiger partial charge is 0.407 e. The molecule has 0 aliphatic heterocycles. The van der Waals surface area contributed by atoms with E-state index >= 15 is 0 Å². The second kappa shape index (κ2) is 8.08. The van der Waals surface area contributed by atoms with Gasteiger partial charge in [-0.3, -0.25) is 4.79 Å². The summed E-state index contributed by atoms with van der Waals surface area (Å²) < 4.78 is 5.27. The van der Waals surface area contributed by atoms with Crippen molar-refractivity contribution in [1.29, 1.82) is 0 Å². The van der Waals surface area contributed by atoms with Crippen LogP contribution < -0.4 is 5.32 Å². The summed E-state index contributed by atoms with van der Waals surface area (Å²) in [6.07, 6.45) is 0.216. The molecule has 0 aliphatic rings. The number of carbonyl (C=O) groups is 2. The highest BCUT2D eigenvalue weighted by Gasteiger charge is 2.20. The molecule has 1 amide bonds. The van der Waals surface area contributed by atoms with E-state index in [9.17, 15) is 9.59 Å². The van der Waals surface area contributed by atoms with E-state index in [0.29, 0.717) is 12.2 Å². The van der Waals surface area contributed by atoms with Crippen LogP contribution in [0.2, 0.25) is 0 Å². The molecule has 1 aromatic rings. The molecule has 0 fully saturated rings. The van der Waals surface area contributed by atoms with Crippen LogP contribution in [-0.4, -0.2) is 28.6 Å². The van der Waals surface area contributed by atoms with Gasteiger partial charge in [0.1, 0.15) is 5.60 Å². The van der Waals surface area contributed by atoms with Crippen LogP contribution in [0, 0.1) is 0 Å². The van der Waals surface area contributed by atoms with Crippen LogP contribution in [-0.2, 0) is 16.0 Å². The molecule has 1 atom stereocenters. The van der Waals surface area contributed by atoms with Crippen LogP contribution in [0.5, 0.6) is 0 Å². The highest BCUT2D eigenvalue weighted by Crippen LogP contribution is 2.12. The summed E-state index contributed by atoms with van der Waals surface area (Å²) in [6, 6.07) is 9.72. The first-order chi connectivity index (χ1) is 9.76. The van der Waals surface area contributed by atoms with E-state index in [1.54, 1.807) is 0 Å². The van der Waals surface area contributed by atoms with Crippen LogP contribution in [0.25, 0.3) is 0 Å². The molecule has 0 saturated heterocycles. The Labute approximate surface area is 130 Å². The summed E-state index contributed by atoms with van der Waals surface area (Å²) in [7, 11) is 0. The molecule has 1 aromatic carbocycles. The zero-order chi connectivity index (χ0) is 15.9. The Kier molecular flexibility index (Phi) is 6.75. The summed E-state index contributed by atoms with van der Waals surface area (Å²) in [5, 5.41) is 2.88. The van der Waals surface area contributed by atoms with E-state index in [4.69, 9.17) is 4.74 Å². The fourth-order valence-corrected chi connectivity index (χ4v) is 2.38. The molecule has 21 heavy (non-hydrogen) atoms. The van der Waals surface area contributed by atoms with Gasteiger partial charge in [0.15, 0.2) is 5.12 Å². The molecule has 0 heterocycles. The van der Waals surface area contributed by atoms with Crippen LogP contribution in [0.3, 0.4) is 0 Å². The minimum absolute atomic E-state index is 0.0408. The molecular formula is C16H23NO3S. The average Bonchev–Trinajstić information content (AvgIpc) is 2.34. The van der Waals surface area contributed by atoms with Crippen molar-refractivity contribution in [3.05, 3.63) is 35.9 Å². The first-order valence-corrected chi connectivity index (χ1v) is 7.91. The summed E-state index contributed by atoms with van der Waals surface area (Å²) in [5.41, 5.74) is 0.581. The Morgan fingerprint density at radius 1 is 1.24 bits per heavy atom. The molecule has 116 valence electrons. The maximum Gasteiger partial charge on any atom is 0.407 e. The zero-order valence-corrected chi connectivity index (χ0v) is 13.8. The largest absolute Gasteiger partial charge is 0.444 e. The van der Waals surface area contributed by atoms with Crippen LogP contribution in [0.1, 0.15) is 33.3 Å². The van der Waals surface area contributed by atoms with E-state index in [1.807, 2.05) is 51.1 Å². The summed E-state index contributed by atoms with van der Waals surface area (Å²) in [6.45, 7) is 6.99. The van der Waals surface area contributed by atoms with Gasteiger partial charge in [-0.25, -0.2) is 4.79 Å². The second-order valence-corrected chi connectivity index (χ2v) is 7.03. The summed E-state index contributed by atoms with van der Waals surface area (Å²) in [4.78, 5) is 23.0. The molecule has 1 N–H and O–H groups in total. The molecule has 5 heteroatoms. The number of benzene rings is 1. The fourth-order valence-electron chi connectivity index (χ4n) is 1.74. The van der Waals surface area contributed by atoms with Crippen molar-refractivity contribution in [3.8, 4) is 0 Å². The normalized spacial score (nSPS) is 12.6. The van der Waals surface area contributed by atoms with Crippen molar-refractivity contribution in [2.75, 3.05) is 5.75 Å².